The molecule has 5 heteroatoms. The summed E-state index contributed by atoms with van der Waals surface area (Å²) in [6, 6.07) is 6.25. The van der Waals surface area contributed by atoms with Crippen LogP contribution in [0.3, 0.4) is 0 Å². The van der Waals surface area contributed by atoms with E-state index in [-0.39, 0.29) is 0 Å². The van der Waals surface area contributed by atoms with Crippen molar-refractivity contribution in [3.63, 3.8) is 0 Å². The lowest BCUT2D eigenvalue weighted by Crippen LogP contribution is -2.11. The zero-order valence-corrected chi connectivity index (χ0v) is 10.5. The van der Waals surface area contributed by atoms with Gasteiger partial charge in [0.1, 0.15) is 11.3 Å². The lowest BCUT2D eigenvalue weighted by Gasteiger charge is -2.19. The molecule has 3 rings (SSSR count). The topological polar surface area (TPSA) is 49.8 Å². The molecule has 2 aromatic rings. The highest BCUT2D eigenvalue weighted by molar-refractivity contribution is 6.32. The second-order valence-corrected chi connectivity index (χ2v) is 4.65. The molecule has 1 aromatic carbocycles. The highest BCUT2D eigenvalue weighted by Gasteiger charge is 2.09. The Balaban J connectivity index is 1.87. The Morgan fingerprint density at radius 3 is 3.17 bits per heavy atom. The van der Waals surface area contributed by atoms with E-state index in [1.165, 1.54) is 24.0 Å². The second-order valence-electron chi connectivity index (χ2n) is 4.25. The number of fused-ring (bicyclic) bond motifs is 1. The van der Waals surface area contributed by atoms with Crippen molar-refractivity contribution in [1.29, 1.82) is 0 Å². The van der Waals surface area contributed by atoms with Crippen LogP contribution >= 0.6 is 11.6 Å². The Labute approximate surface area is 110 Å². The van der Waals surface area contributed by atoms with Crippen LogP contribution in [0.5, 0.6) is 0 Å². The lowest BCUT2D eigenvalue weighted by molar-refractivity contribution is 0.830. The van der Waals surface area contributed by atoms with Gasteiger partial charge >= 0.3 is 0 Å². The van der Waals surface area contributed by atoms with Crippen LogP contribution < -0.4 is 10.6 Å². The highest BCUT2D eigenvalue weighted by Crippen LogP contribution is 2.28. The molecule has 0 fully saturated rings. The van der Waals surface area contributed by atoms with E-state index in [0.29, 0.717) is 10.8 Å². The first-order chi connectivity index (χ1) is 8.83. The van der Waals surface area contributed by atoms with Gasteiger partial charge in [0.05, 0.1) is 6.20 Å². The maximum Gasteiger partial charge on any atom is 0.152 e. The highest BCUT2D eigenvalue weighted by atomic mass is 35.5. The molecular weight excluding hydrogens is 248 g/mol. The van der Waals surface area contributed by atoms with E-state index in [0.717, 1.165) is 18.7 Å². The number of rotatable bonds is 2. The summed E-state index contributed by atoms with van der Waals surface area (Å²) < 4.78 is 0. The van der Waals surface area contributed by atoms with E-state index in [1.807, 2.05) is 6.07 Å². The maximum atomic E-state index is 6.02. The number of halogens is 1. The van der Waals surface area contributed by atoms with Gasteiger partial charge in [-0.1, -0.05) is 11.6 Å². The average Bonchev–Trinajstić information content (AvgIpc) is 2.41. The van der Waals surface area contributed by atoms with Gasteiger partial charge in [-0.25, -0.2) is 9.97 Å². The molecule has 0 aliphatic carbocycles. The summed E-state index contributed by atoms with van der Waals surface area (Å²) in [6.45, 7) is 1.05. The molecule has 1 aliphatic rings. The normalized spacial score (nSPS) is 13.6. The molecule has 2 heterocycles. The van der Waals surface area contributed by atoms with Gasteiger partial charge in [-0.2, -0.15) is 0 Å². The smallest absolute Gasteiger partial charge is 0.152 e. The zero-order valence-electron chi connectivity index (χ0n) is 9.78. The second kappa shape index (κ2) is 4.82. The van der Waals surface area contributed by atoms with Crippen LogP contribution in [0.15, 0.2) is 30.7 Å². The maximum absolute atomic E-state index is 6.02. The van der Waals surface area contributed by atoms with E-state index in [9.17, 15) is 0 Å². The van der Waals surface area contributed by atoms with Gasteiger partial charge in [-0.3, -0.25) is 0 Å². The van der Waals surface area contributed by atoms with E-state index >= 15 is 0 Å². The molecule has 0 unspecified atom stereocenters. The molecule has 0 saturated carbocycles. The number of aromatic nitrogens is 2. The third kappa shape index (κ3) is 2.24. The van der Waals surface area contributed by atoms with Crippen molar-refractivity contribution < 1.29 is 0 Å². The molecule has 92 valence electrons. The van der Waals surface area contributed by atoms with Crippen molar-refractivity contribution in [2.24, 2.45) is 0 Å². The Kier molecular flexibility index (Phi) is 3.02. The molecule has 4 nitrogen and oxygen atoms in total. The third-order valence-electron chi connectivity index (χ3n) is 2.97. The minimum absolute atomic E-state index is 0.522. The molecule has 0 bridgehead atoms. The van der Waals surface area contributed by atoms with Crippen LogP contribution in [0.1, 0.15) is 12.0 Å². The zero-order chi connectivity index (χ0) is 12.4. The van der Waals surface area contributed by atoms with Crippen LogP contribution in [0, 0.1) is 0 Å². The molecule has 0 radical (unpaired) electrons. The van der Waals surface area contributed by atoms with Crippen LogP contribution in [0.2, 0.25) is 5.02 Å². The van der Waals surface area contributed by atoms with Crippen LogP contribution in [0.25, 0.3) is 0 Å². The van der Waals surface area contributed by atoms with E-state index in [2.05, 4.69) is 32.7 Å². The number of hydrogen-bond acceptors (Lipinski definition) is 4. The number of nitrogens with zero attached hydrogens (tertiary/aromatic N) is 2. The van der Waals surface area contributed by atoms with Crippen LogP contribution in [0.4, 0.5) is 17.2 Å². The summed E-state index contributed by atoms with van der Waals surface area (Å²) in [7, 11) is 0. The van der Waals surface area contributed by atoms with E-state index in [4.69, 9.17) is 11.6 Å². The summed E-state index contributed by atoms with van der Waals surface area (Å²) in [4.78, 5) is 7.98. The van der Waals surface area contributed by atoms with Crippen molar-refractivity contribution in [1.82, 2.24) is 9.97 Å². The summed E-state index contributed by atoms with van der Waals surface area (Å²) in [5.74, 6) is 0.635. The molecule has 0 saturated heterocycles. The number of hydrogen-bond donors (Lipinski definition) is 2. The van der Waals surface area contributed by atoms with Gasteiger partial charge < -0.3 is 10.6 Å². The number of nitrogens with one attached hydrogen (secondary N) is 2. The predicted molar refractivity (Wildman–Crippen MR) is 73.6 cm³/mol. The molecule has 18 heavy (non-hydrogen) atoms. The first kappa shape index (κ1) is 11.3. The third-order valence-corrected chi connectivity index (χ3v) is 3.25. The Bertz CT molecular complexity index is 571. The van der Waals surface area contributed by atoms with Crippen molar-refractivity contribution in [2.75, 3.05) is 17.2 Å². The molecule has 0 spiro atoms. The van der Waals surface area contributed by atoms with Crippen molar-refractivity contribution in [3.05, 3.63) is 41.3 Å². The summed E-state index contributed by atoms with van der Waals surface area (Å²) in [5, 5.41) is 7.12. The van der Waals surface area contributed by atoms with Crippen LogP contribution in [-0.4, -0.2) is 16.5 Å². The van der Waals surface area contributed by atoms with Gasteiger partial charge in [0.25, 0.3) is 0 Å². The minimum atomic E-state index is 0.522. The molecule has 2 N–H and O–H groups in total. The quantitative estimate of drug-likeness (QED) is 0.870. The largest absolute Gasteiger partial charge is 0.385 e. The Hall–Kier alpha value is -1.81. The Morgan fingerprint density at radius 1 is 1.33 bits per heavy atom. The summed E-state index contributed by atoms with van der Waals surface area (Å²) >= 11 is 6.02. The van der Waals surface area contributed by atoms with Gasteiger partial charge in [0.2, 0.25) is 0 Å². The van der Waals surface area contributed by atoms with Crippen molar-refractivity contribution in [3.8, 4) is 0 Å². The van der Waals surface area contributed by atoms with E-state index < -0.39 is 0 Å². The standard InChI is InChI=1S/C13H13ClN4/c14-11-7-15-8-17-13(11)18-10-3-4-12-9(6-10)2-1-5-16-12/h3-4,6-8,16H,1-2,5H2,(H,15,17,18). The predicted octanol–water partition coefficient (Wildman–Crippen LogP) is 3.23. The molecule has 1 aromatic heterocycles. The van der Waals surface area contributed by atoms with Gasteiger partial charge in [-0.15, -0.1) is 0 Å². The monoisotopic (exact) mass is 260 g/mol. The Morgan fingerprint density at radius 2 is 2.28 bits per heavy atom. The summed E-state index contributed by atoms with van der Waals surface area (Å²) in [5.41, 5.74) is 3.55. The van der Waals surface area contributed by atoms with Crippen LogP contribution in [-0.2, 0) is 6.42 Å². The first-order valence-electron chi connectivity index (χ1n) is 5.92. The van der Waals surface area contributed by atoms with Crippen molar-refractivity contribution >= 4 is 28.8 Å². The minimum Gasteiger partial charge on any atom is -0.385 e. The van der Waals surface area contributed by atoms with Gasteiger partial charge in [0.15, 0.2) is 5.82 Å². The molecule has 0 atom stereocenters. The fraction of sp³-hybridized carbons (Fsp3) is 0.231. The molecule has 0 amide bonds. The number of benzene rings is 1. The van der Waals surface area contributed by atoms with Crippen molar-refractivity contribution in [2.45, 2.75) is 12.8 Å². The fourth-order valence-electron chi connectivity index (χ4n) is 2.09. The molecular formula is C13H13ClN4. The van der Waals surface area contributed by atoms with E-state index in [1.54, 1.807) is 6.20 Å². The fourth-order valence-corrected chi connectivity index (χ4v) is 2.25. The first-order valence-corrected chi connectivity index (χ1v) is 6.30. The van der Waals surface area contributed by atoms with Gasteiger partial charge in [-0.05, 0) is 36.6 Å². The molecule has 1 aliphatic heterocycles. The average molecular weight is 261 g/mol. The summed E-state index contributed by atoms with van der Waals surface area (Å²) in [6.07, 6.45) is 5.34. The SMILES string of the molecule is Clc1cncnc1Nc1ccc2c(c1)CCCN2. The number of aryl methyl sites for hydroxylation is 1. The number of anilines is 3. The lowest BCUT2D eigenvalue weighted by atomic mass is 10.0. The van der Waals surface area contributed by atoms with Gasteiger partial charge in [0, 0.05) is 17.9 Å².